The van der Waals surface area contributed by atoms with Gasteiger partial charge in [0.15, 0.2) is 0 Å². The molecule has 0 saturated heterocycles. The van der Waals surface area contributed by atoms with Crippen molar-refractivity contribution in [3.8, 4) is 0 Å². The Kier molecular flexibility index (Phi) is 3.35. The van der Waals surface area contributed by atoms with Crippen LogP contribution in [-0.2, 0) is 14.9 Å². The zero-order valence-corrected chi connectivity index (χ0v) is 10.1. The Balaban J connectivity index is 3.34. The molecule has 2 N–H and O–H groups in total. The molecule has 0 atom stereocenters. The summed E-state index contributed by atoms with van der Waals surface area (Å²) in [6.07, 6.45) is 0. The van der Waals surface area contributed by atoms with Crippen LogP contribution in [0.4, 0.5) is 5.69 Å². The Morgan fingerprint density at radius 2 is 1.69 bits per heavy atom. The third-order valence-electron chi connectivity index (χ3n) is 2.04. The lowest BCUT2D eigenvalue weighted by molar-refractivity contribution is -0.114. The van der Waals surface area contributed by atoms with E-state index in [1.54, 1.807) is 13.8 Å². The van der Waals surface area contributed by atoms with Crippen LogP contribution in [0.15, 0.2) is 17.0 Å². The summed E-state index contributed by atoms with van der Waals surface area (Å²) < 4.78 is 31.2. The van der Waals surface area contributed by atoms with Gasteiger partial charge in [-0.1, -0.05) is 0 Å². The Hall–Kier alpha value is -1.40. The molecule has 16 heavy (non-hydrogen) atoms. The van der Waals surface area contributed by atoms with Crippen LogP contribution < -0.4 is 5.32 Å². The van der Waals surface area contributed by atoms with E-state index >= 15 is 0 Å². The zero-order chi connectivity index (χ0) is 12.5. The first-order chi connectivity index (χ1) is 7.21. The van der Waals surface area contributed by atoms with E-state index in [1.807, 2.05) is 0 Å². The van der Waals surface area contributed by atoms with Crippen LogP contribution in [0.25, 0.3) is 0 Å². The highest BCUT2D eigenvalue weighted by molar-refractivity contribution is 7.86. The molecular formula is C10H13NO4S. The van der Waals surface area contributed by atoms with Gasteiger partial charge in [0.2, 0.25) is 5.91 Å². The van der Waals surface area contributed by atoms with Crippen molar-refractivity contribution in [1.82, 2.24) is 0 Å². The van der Waals surface area contributed by atoms with E-state index in [-0.39, 0.29) is 10.8 Å². The summed E-state index contributed by atoms with van der Waals surface area (Å²) in [6.45, 7) is 4.48. The molecule has 1 rings (SSSR count). The van der Waals surface area contributed by atoms with Crippen LogP contribution in [0.3, 0.4) is 0 Å². The molecule has 6 heteroatoms. The van der Waals surface area contributed by atoms with E-state index in [0.717, 1.165) is 0 Å². The molecule has 0 fully saturated rings. The van der Waals surface area contributed by atoms with Crippen LogP contribution >= 0.6 is 0 Å². The Morgan fingerprint density at radius 3 is 2.00 bits per heavy atom. The number of carbonyl (C=O) groups is 1. The third kappa shape index (κ3) is 2.80. The van der Waals surface area contributed by atoms with Crippen LogP contribution in [0.2, 0.25) is 0 Å². The SMILES string of the molecule is CC(=O)Nc1cc(C)c(S(=O)(=O)O)c(C)c1. The van der Waals surface area contributed by atoms with Gasteiger partial charge in [-0.05, 0) is 37.1 Å². The largest absolute Gasteiger partial charge is 0.326 e. The van der Waals surface area contributed by atoms with Crippen molar-refractivity contribution in [3.63, 3.8) is 0 Å². The predicted molar refractivity (Wildman–Crippen MR) is 60.0 cm³/mol. The minimum absolute atomic E-state index is 0.110. The fourth-order valence-corrected chi connectivity index (χ4v) is 2.56. The maximum atomic E-state index is 11.1. The molecule has 0 spiro atoms. The molecule has 0 saturated carbocycles. The van der Waals surface area contributed by atoms with E-state index in [0.29, 0.717) is 16.8 Å². The number of amides is 1. The van der Waals surface area contributed by atoms with Gasteiger partial charge in [0, 0.05) is 12.6 Å². The van der Waals surface area contributed by atoms with Gasteiger partial charge in [-0.15, -0.1) is 0 Å². The van der Waals surface area contributed by atoms with Gasteiger partial charge in [-0.25, -0.2) is 0 Å². The van der Waals surface area contributed by atoms with Gasteiger partial charge in [-0.2, -0.15) is 8.42 Å². The number of rotatable bonds is 2. The van der Waals surface area contributed by atoms with Gasteiger partial charge in [0.05, 0.1) is 4.90 Å². The number of benzene rings is 1. The first-order valence-electron chi connectivity index (χ1n) is 4.58. The summed E-state index contributed by atoms with van der Waals surface area (Å²) >= 11 is 0. The fraction of sp³-hybridized carbons (Fsp3) is 0.300. The Morgan fingerprint density at radius 1 is 1.25 bits per heavy atom. The van der Waals surface area contributed by atoms with Gasteiger partial charge in [-0.3, -0.25) is 9.35 Å². The number of carbonyl (C=O) groups excluding carboxylic acids is 1. The summed E-state index contributed by atoms with van der Waals surface area (Å²) in [4.78, 5) is 10.7. The quantitative estimate of drug-likeness (QED) is 0.771. The van der Waals surface area contributed by atoms with E-state index < -0.39 is 10.1 Å². The summed E-state index contributed by atoms with van der Waals surface area (Å²) in [5.41, 5.74) is 1.30. The lowest BCUT2D eigenvalue weighted by Crippen LogP contribution is -2.09. The number of hydrogen-bond acceptors (Lipinski definition) is 3. The monoisotopic (exact) mass is 243 g/mol. The molecule has 0 aliphatic carbocycles. The van der Waals surface area contributed by atoms with E-state index in [4.69, 9.17) is 4.55 Å². The molecule has 1 amide bonds. The predicted octanol–water partition coefficient (Wildman–Crippen LogP) is 1.51. The number of anilines is 1. The smallest absolute Gasteiger partial charge is 0.295 e. The van der Waals surface area contributed by atoms with Gasteiger partial charge in [0.25, 0.3) is 10.1 Å². The van der Waals surface area contributed by atoms with Crippen LogP contribution in [-0.4, -0.2) is 18.9 Å². The topological polar surface area (TPSA) is 83.5 Å². The van der Waals surface area contributed by atoms with Crippen molar-refractivity contribution >= 4 is 21.7 Å². The summed E-state index contributed by atoms with van der Waals surface area (Å²) in [5.74, 6) is -0.238. The van der Waals surface area contributed by atoms with Crippen molar-refractivity contribution in [2.45, 2.75) is 25.7 Å². The Bertz CT molecular complexity index is 511. The molecule has 0 unspecified atom stereocenters. The third-order valence-corrected chi connectivity index (χ3v) is 3.20. The van der Waals surface area contributed by atoms with Crippen LogP contribution in [0.5, 0.6) is 0 Å². The molecule has 0 aliphatic rings. The summed E-state index contributed by atoms with van der Waals surface area (Å²) in [7, 11) is -4.22. The van der Waals surface area contributed by atoms with Crippen LogP contribution in [0, 0.1) is 13.8 Å². The summed E-state index contributed by atoms with van der Waals surface area (Å²) in [5, 5.41) is 2.55. The number of hydrogen-bond donors (Lipinski definition) is 2. The molecule has 1 aromatic carbocycles. The fourth-order valence-electron chi connectivity index (χ4n) is 1.63. The molecule has 0 radical (unpaired) electrons. The molecule has 88 valence electrons. The highest BCUT2D eigenvalue weighted by Gasteiger charge is 2.17. The average molecular weight is 243 g/mol. The minimum atomic E-state index is -4.22. The molecule has 0 aliphatic heterocycles. The second-order valence-corrected chi connectivity index (χ2v) is 4.95. The van der Waals surface area contributed by atoms with Gasteiger partial charge < -0.3 is 5.32 Å². The maximum Gasteiger partial charge on any atom is 0.295 e. The lowest BCUT2D eigenvalue weighted by Gasteiger charge is -2.10. The van der Waals surface area contributed by atoms with Gasteiger partial charge in [0.1, 0.15) is 0 Å². The second-order valence-electron chi connectivity index (χ2n) is 3.60. The molecule has 0 aromatic heterocycles. The Labute approximate surface area is 94.2 Å². The van der Waals surface area contributed by atoms with Crippen molar-refractivity contribution < 1.29 is 17.8 Å². The van der Waals surface area contributed by atoms with Gasteiger partial charge >= 0.3 is 0 Å². The highest BCUT2D eigenvalue weighted by atomic mass is 32.2. The van der Waals surface area contributed by atoms with Crippen molar-refractivity contribution in [2.75, 3.05) is 5.32 Å². The minimum Gasteiger partial charge on any atom is -0.326 e. The number of aryl methyl sites for hydroxylation is 2. The molecule has 1 aromatic rings. The first-order valence-corrected chi connectivity index (χ1v) is 6.02. The van der Waals surface area contributed by atoms with Crippen molar-refractivity contribution in [1.29, 1.82) is 0 Å². The van der Waals surface area contributed by atoms with Crippen molar-refractivity contribution in [3.05, 3.63) is 23.3 Å². The van der Waals surface area contributed by atoms with E-state index in [2.05, 4.69) is 5.32 Å². The van der Waals surface area contributed by atoms with E-state index in [1.165, 1.54) is 19.1 Å². The second kappa shape index (κ2) is 4.23. The molecule has 0 heterocycles. The van der Waals surface area contributed by atoms with E-state index in [9.17, 15) is 13.2 Å². The molecule has 5 nitrogen and oxygen atoms in total. The zero-order valence-electron chi connectivity index (χ0n) is 9.23. The molecule has 0 bridgehead atoms. The maximum absolute atomic E-state index is 11.1. The number of nitrogens with one attached hydrogen (secondary N) is 1. The molecular weight excluding hydrogens is 230 g/mol. The van der Waals surface area contributed by atoms with Crippen molar-refractivity contribution in [2.24, 2.45) is 0 Å². The normalized spacial score (nSPS) is 11.2. The first kappa shape index (κ1) is 12.7. The highest BCUT2D eigenvalue weighted by Crippen LogP contribution is 2.24. The lowest BCUT2D eigenvalue weighted by atomic mass is 10.1. The van der Waals surface area contributed by atoms with Crippen LogP contribution in [0.1, 0.15) is 18.1 Å². The standard InChI is InChI=1S/C10H13NO4S/c1-6-4-9(11-8(3)12)5-7(2)10(6)16(13,14)15/h4-5H,1-3H3,(H,11,12)(H,13,14,15). The summed E-state index contributed by atoms with van der Waals surface area (Å²) in [6, 6.07) is 3.00. The average Bonchev–Trinajstić information content (AvgIpc) is 1.96.